The van der Waals surface area contributed by atoms with Crippen LogP contribution in [-0.2, 0) is 0 Å². The zero-order valence-corrected chi connectivity index (χ0v) is 33.6. The summed E-state index contributed by atoms with van der Waals surface area (Å²) in [5, 5.41) is 9.30. The Morgan fingerprint density at radius 1 is 0.429 bits per heavy atom. The minimum atomic E-state index is 0.946. The molecule has 0 bridgehead atoms. The lowest BCUT2D eigenvalue weighted by atomic mass is 9.91. The van der Waals surface area contributed by atoms with Crippen LogP contribution in [0.15, 0.2) is 241 Å². The molecule has 0 atom stereocenters. The average molecular weight is 727 g/mol. The topological polar surface area (TPSA) is 0 Å². The first-order valence-electron chi connectivity index (χ1n) is 19.8. The maximum absolute atomic E-state index is 2.33. The van der Waals surface area contributed by atoms with Crippen molar-refractivity contribution in [2.24, 2.45) is 0 Å². The molecule has 0 radical (unpaired) electrons. The van der Waals surface area contributed by atoms with Gasteiger partial charge in [0, 0.05) is 0 Å². The van der Waals surface area contributed by atoms with Gasteiger partial charge in [-0.15, -0.1) is 0 Å². The van der Waals surface area contributed by atoms with Gasteiger partial charge in [-0.25, -0.2) is 0 Å². The van der Waals surface area contributed by atoms with Gasteiger partial charge in [-0.2, -0.15) is 0 Å². The standard InChI is InChI=1S/C54H48.C2H6/c1-4-22-51-41-54(43(5-2)36-21-23-42(51)3)49-31-8-6-7-24-44-25-11-12-30-47-39-40-50-35-18-20-38-53(50)52-37-19-17-33-48(52)32-15-13-29-46(47)28-10-9-26-45(44)27-14-16-34-49;1-2/h4-22,24-41H,23H2,1-3H3;1-2H3/b7-6?,8-6?,10-9?,12-11?,15-13?,16-14?,22-4-,24-7?,25-11?,26-9?,27-14?,28-10?,29-13?,30-12?,31-8?,32-15?,34-16?,36-21-,40-39?,43-5+,44-24?,44-25?,45-26?,45-27?,45-44?,46-28?,46-29?,47-30?,47-39?,47-46?,48-32?,49-31?,49-34?,50-40?,51-42-,53-52?,54-41+;. The van der Waals surface area contributed by atoms with Crippen molar-refractivity contribution in [1.29, 1.82) is 0 Å². The molecule has 0 spiro atoms. The van der Waals surface area contributed by atoms with Gasteiger partial charge < -0.3 is 0 Å². The van der Waals surface area contributed by atoms with Crippen molar-refractivity contribution in [3.8, 4) is 0 Å². The molecular formula is C56H54. The summed E-state index contributed by atoms with van der Waals surface area (Å²) in [5.74, 6) is 0. The third-order valence-corrected chi connectivity index (χ3v) is 9.54. The first-order valence-corrected chi connectivity index (χ1v) is 19.8. The molecule has 5 aromatic rings. The van der Waals surface area contributed by atoms with Gasteiger partial charge in [0.25, 0.3) is 0 Å². The minimum absolute atomic E-state index is 0.946. The van der Waals surface area contributed by atoms with E-state index in [0.29, 0.717) is 0 Å². The molecular weight excluding hydrogens is 673 g/mol. The molecule has 278 valence electrons. The molecule has 0 amide bonds. The maximum atomic E-state index is 2.33. The summed E-state index contributed by atoms with van der Waals surface area (Å²) in [6, 6.07) is 66.9. The van der Waals surface area contributed by atoms with Crippen LogP contribution < -0.4 is 0 Å². The van der Waals surface area contributed by atoms with E-state index in [-0.39, 0.29) is 0 Å². The molecule has 1 aliphatic rings. The van der Waals surface area contributed by atoms with E-state index in [0.717, 1.165) is 33.5 Å². The number of allylic oxidation sites excluding steroid dienone is 10. The fraction of sp³-hybridized carbons (Fsp3) is 0.107. The van der Waals surface area contributed by atoms with Gasteiger partial charge in [0.2, 0.25) is 0 Å². The van der Waals surface area contributed by atoms with Crippen LogP contribution in [0.4, 0.5) is 0 Å². The van der Waals surface area contributed by atoms with Crippen molar-refractivity contribution >= 4 is 48.7 Å². The van der Waals surface area contributed by atoms with E-state index in [1.165, 1.54) is 43.8 Å². The molecule has 6 rings (SSSR count). The van der Waals surface area contributed by atoms with Gasteiger partial charge in [0.1, 0.15) is 0 Å². The predicted molar refractivity (Wildman–Crippen MR) is 250 cm³/mol. The van der Waals surface area contributed by atoms with E-state index in [1.807, 2.05) is 13.8 Å². The number of hydrogen-bond acceptors (Lipinski definition) is 0. The number of hydrogen-bond donors (Lipinski definition) is 0. The van der Waals surface area contributed by atoms with Crippen molar-refractivity contribution < 1.29 is 0 Å². The highest BCUT2D eigenvalue weighted by atomic mass is 14.1. The second-order valence-corrected chi connectivity index (χ2v) is 13.2. The summed E-state index contributed by atoms with van der Waals surface area (Å²) in [5.41, 5.74) is 6.20. The second-order valence-electron chi connectivity index (χ2n) is 13.2. The summed E-state index contributed by atoms with van der Waals surface area (Å²) in [4.78, 5) is 0. The minimum Gasteiger partial charge on any atom is -0.0871 e. The molecule has 0 heteroatoms. The molecule has 0 fully saturated rings. The SMILES string of the molecule is CC.C\C=C/C1=C(\C)C\C=C/C(=C\C)C(/c2cccccc3ccccc4ccc5ccccc5c5ccccc5ccccc4ccccc3cccc2)=C\1. The molecule has 0 heterocycles. The monoisotopic (exact) mass is 726 g/mol. The van der Waals surface area contributed by atoms with Crippen molar-refractivity contribution in [3.63, 3.8) is 0 Å². The first kappa shape index (κ1) is 40.7. The summed E-state index contributed by atoms with van der Waals surface area (Å²) in [6.07, 6.45) is 14.3. The highest BCUT2D eigenvalue weighted by Gasteiger charge is 2.08. The lowest BCUT2D eigenvalue weighted by molar-refractivity contribution is 1.18. The fourth-order valence-corrected chi connectivity index (χ4v) is 6.64. The normalized spacial score (nSPS) is 15.7. The summed E-state index contributed by atoms with van der Waals surface area (Å²) in [6.45, 7) is 10.4. The van der Waals surface area contributed by atoms with Gasteiger partial charge in [-0.1, -0.05) is 238 Å². The average Bonchev–Trinajstić information content (AvgIpc) is 3.21. The summed E-state index contributed by atoms with van der Waals surface area (Å²) >= 11 is 0. The highest BCUT2D eigenvalue weighted by molar-refractivity contribution is 6.05. The van der Waals surface area contributed by atoms with Crippen molar-refractivity contribution in [3.05, 3.63) is 247 Å². The third kappa shape index (κ3) is 11.3. The molecule has 0 N–H and O–H groups in total. The van der Waals surface area contributed by atoms with Crippen LogP contribution in [0.2, 0.25) is 0 Å². The van der Waals surface area contributed by atoms with Gasteiger partial charge >= 0.3 is 0 Å². The maximum Gasteiger partial charge on any atom is -0.0105 e. The van der Waals surface area contributed by atoms with Gasteiger partial charge in [-0.3, -0.25) is 0 Å². The molecule has 0 saturated heterocycles. The highest BCUT2D eigenvalue weighted by Crippen LogP contribution is 2.29. The summed E-state index contributed by atoms with van der Waals surface area (Å²) < 4.78 is 0. The Labute approximate surface area is 335 Å². The quantitative estimate of drug-likeness (QED) is 0.170. The number of fused-ring (bicyclic) bond motifs is 5. The van der Waals surface area contributed by atoms with Crippen molar-refractivity contribution in [2.45, 2.75) is 41.0 Å². The zero-order chi connectivity index (χ0) is 39.4. The molecule has 0 nitrogen and oxygen atoms in total. The largest absolute Gasteiger partial charge is 0.0871 e. The molecule has 56 heavy (non-hydrogen) atoms. The Hall–Kier alpha value is -6.50. The van der Waals surface area contributed by atoms with Crippen molar-refractivity contribution in [2.75, 3.05) is 0 Å². The molecule has 1 aliphatic carbocycles. The van der Waals surface area contributed by atoms with Crippen LogP contribution in [0, 0.1) is 0 Å². The van der Waals surface area contributed by atoms with Gasteiger partial charge in [0.15, 0.2) is 0 Å². The molecule has 0 aromatic heterocycles. The molecule has 5 aromatic carbocycles. The van der Waals surface area contributed by atoms with E-state index in [9.17, 15) is 0 Å². The van der Waals surface area contributed by atoms with Crippen LogP contribution >= 0.6 is 0 Å². The first-order chi connectivity index (χ1) is 27.6. The Kier molecular flexibility index (Phi) is 16.0. The molecule has 0 aliphatic heterocycles. The predicted octanol–water partition coefficient (Wildman–Crippen LogP) is 16.6. The fourth-order valence-electron chi connectivity index (χ4n) is 6.64. The Bertz CT molecular complexity index is 2610. The molecule has 0 unspecified atom stereocenters. The van der Waals surface area contributed by atoms with E-state index >= 15 is 0 Å². The summed E-state index contributed by atoms with van der Waals surface area (Å²) in [7, 11) is 0. The van der Waals surface area contributed by atoms with Crippen LogP contribution in [0.5, 0.6) is 0 Å². The van der Waals surface area contributed by atoms with Crippen LogP contribution in [-0.4, -0.2) is 0 Å². The Balaban J connectivity index is 0.00000295. The smallest absolute Gasteiger partial charge is 0.0105 e. The molecule has 0 saturated carbocycles. The van der Waals surface area contributed by atoms with Crippen LogP contribution in [0.3, 0.4) is 0 Å². The second kappa shape index (κ2) is 22.0. The lowest BCUT2D eigenvalue weighted by Gasteiger charge is -2.14. The van der Waals surface area contributed by atoms with E-state index in [1.54, 1.807) is 0 Å². The number of rotatable bonds is 2. The van der Waals surface area contributed by atoms with Gasteiger partial charge in [-0.05, 0) is 98.6 Å². The lowest BCUT2D eigenvalue weighted by Crippen LogP contribution is -1.93. The Morgan fingerprint density at radius 3 is 1.29 bits per heavy atom. The van der Waals surface area contributed by atoms with E-state index < -0.39 is 0 Å². The third-order valence-electron chi connectivity index (χ3n) is 9.54. The Morgan fingerprint density at radius 2 is 0.804 bits per heavy atom. The zero-order valence-electron chi connectivity index (χ0n) is 33.6. The number of benzene rings is 2. The van der Waals surface area contributed by atoms with E-state index in [4.69, 9.17) is 0 Å². The van der Waals surface area contributed by atoms with Crippen LogP contribution in [0.25, 0.3) is 48.7 Å². The van der Waals surface area contributed by atoms with Crippen molar-refractivity contribution in [1.82, 2.24) is 0 Å². The van der Waals surface area contributed by atoms with E-state index in [2.05, 4.69) is 245 Å². The van der Waals surface area contributed by atoms with Gasteiger partial charge in [0.05, 0.1) is 0 Å². The van der Waals surface area contributed by atoms with Crippen LogP contribution in [0.1, 0.15) is 46.6 Å².